The van der Waals surface area contributed by atoms with Gasteiger partial charge in [-0.05, 0) is 84.8 Å². The molecule has 10 aromatic carbocycles. The van der Waals surface area contributed by atoms with Gasteiger partial charge < -0.3 is 4.90 Å². The van der Waals surface area contributed by atoms with Crippen LogP contribution in [0.2, 0.25) is 0 Å². The summed E-state index contributed by atoms with van der Waals surface area (Å²) in [7, 11) is 0. The number of fused-ring (bicyclic) bond motifs is 6. The lowest BCUT2D eigenvalue weighted by Crippen LogP contribution is -2.28. The summed E-state index contributed by atoms with van der Waals surface area (Å²) in [5.74, 6) is 0. The lowest BCUT2D eigenvalue weighted by atomic mass is 9.67. The Balaban J connectivity index is 1.30. The number of benzene rings is 10. The molecule has 0 spiro atoms. The standard InChI is InChI=1S/C55H37N/c1-4-19-39(20-5-1)53-45-27-13-10-18-38(45)32-35-52(53)56(54-46-28-14-11-21-40(46)36-41-22-12-15-29-47(41)54)44-33-34-49-48-30-16-17-31-50(48)55(51(49)37-44,42-23-6-2-7-24-42)43-25-8-3-9-26-43/h1-37H. The highest BCUT2D eigenvalue weighted by Gasteiger charge is 2.46. The largest absolute Gasteiger partial charge is 0.309 e. The van der Waals surface area contributed by atoms with Crippen molar-refractivity contribution in [2.24, 2.45) is 0 Å². The monoisotopic (exact) mass is 711 g/mol. The first kappa shape index (κ1) is 32.2. The van der Waals surface area contributed by atoms with Crippen molar-refractivity contribution in [1.29, 1.82) is 0 Å². The van der Waals surface area contributed by atoms with Crippen LogP contribution in [0.25, 0.3) is 54.6 Å². The summed E-state index contributed by atoms with van der Waals surface area (Å²) in [5, 5.41) is 7.28. The van der Waals surface area contributed by atoms with Crippen molar-refractivity contribution in [3.8, 4) is 22.3 Å². The van der Waals surface area contributed by atoms with Crippen molar-refractivity contribution in [2.45, 2.75) is 5.41 Å². The molecule has 0 unspecified atom stereocenters. The van der Waals surface area contributed by atoms with Gasteiger partial charge in [-0.15, -0.1) is 0 Å². The van der Waals surface area contributed by atoms with Crippen LogP contribution in [-0.2, 0) is 5.41 Å². The zero-order chi connectivity index (χ0) is 37.1. The third kappa shape index (κ3) is 4.81. The Morgan fingerprint density at radius 2 is 0.857 bits per heavy atom. The van der Waals surface area contributed by atoms with Crippen molar-refractivity contribution in [1.82, 2.24) is 0 Å². The van der Waals surface area contributed by atoms with Gasteiger partial charge in [-0.1, -0.05) is 200 Å². The van der Waals surface area contributed by atoms with Crippen LogP contribution in [0, 0.1) is 0 Å². The average molecular weight is 712 g/mol. The van der Waals surface area contributed by atoms with Gasteiger partial charge in [0.05, 0.1) is 16.8 Å². The van der Waals surface area contributed by atoms with Gasteiger partial charge in [0.15, 0.2) is 0 Å². The summed E-state index contributed by atoms with van der Waals surface area (Å²) in [6.07, 6.45) is 0. The van der Waals surface area contributed by atoms with Crippen LogP contribution in [-0.4, -0.2) is 0 Å². The van der Waals surface area contributed by atoms with Crippen LogP contribution in [0.3, 0.4) is 0 Å². The molecule has 0 amide bonds. The molecule has 56 heavy (non-hydrogen) atoms. The number of hydrogen-bond donors (Lipinski definition) is 0. The zero-order valence-corrected chi connectivity index (χ0v) is 30.8. The minimum absolute atomic E-state index is 0.525. The van der Waals surface area contributed by atoms with Gasteiger partial charge in [-0.2, -0.15) is 0 Å². The minimum atomic E-state index is -0.525. The van der Waals surface area contributed by atoms with Crippen molar-refractivity contribution < 1.29 is 0 Å². The molecule has 11 rings (SSSR count). The Kier molecular flexibility index (Phi) is 7.47. The number of rotatable bonds is 6. The predicted octanol–water partition coefficient (Wildman–Crippen LogP) is 14.6. The summed E-state index contributed by atoms with van der Waals surface area (Å²) in [6, 6.07) is 82.8. The van der Waals surface area contributed by atoms with Crippen LogP contribution >= 0.6 is 0 Å². The molecular formula is C55H37N. The Labute approximate surface area is 327 Å². The Morgan fingerprint density at radius 1 is 0.339 bits per heavy atom. The maximum atomic E-state index is 2.56. The number of nitrogens with zero attached hydrogens (tertiary/aromatic N) is 1. The minimum Gasteiger partial charge on any atom is -0.309 e. The van der Waals surface area contributed by atoms with Crippen LogP contribution in [0.4, 0.5) is 17.1 Å². The van der Waals surface area contributed by atoms with Crippen molar-refractivity contribution in [2.75, 3.05) is 4.90 Å². The smallest absolute Gasteiger partial charge is 0.0714 e. The second-order valence-corrected chi connectivity index (χ2v) is 14.8. The van der Waals surface area contributed by atoms with Gasteiger partial charge in [0.2, 0.25) is 0 Å². The van der Waals surface area contributed by atoms with E-state index in [-0.39, 0.29) is 0 Å². The molecule has 0 aromatic heterocycles. The first-order valence-electron chi connectivity index (χ1n) is 19.4. The van der Waals surface area contributed by atoms with Crippen molar-refractivity contribution in [3.05, 3.63) is 247 Å². The molecule has 0 heterocycles. The Morgan fingerprint density at radius 3 is 1.52 bits per heavy atom. The molecule has 0 N–H and O–H groups in total. The highest BCUT2D eigenvalue weighted by atomic mass is 15.1. The van der Waals surface area contributed by atoms with Gasteiger partial charge >= 0.3 is 0 Å². The second-order valence-electron chi connectivity index (χ2n) is 14.8. The van der Waals surface area contributed by atoms with Crippen molar-refractivity contribution >= 4 is 49.4 Å². The normalized spacial score (nSPS) is 12.8. The third-order valence-electron chi connectivity index (χ3n) is 11.9. The van der Waals surface area contributed by atoms with Crippen LogP contribution in [0.15, 0.2) is 224 Å². The second kappa shape index (κ2) is 13.0. The third-order valence-corrected chi connectivity index (χ3v) is 11.9. The lowest BCUT2D eigenvalue weighted by Gasteiger charge is -2.35. The molecule has 1 aliphatic rings. The molecule has 0 saturated heterocycles. The molecule has 0 bridgehead atoms. The maximum Gasteiger partial charge on any atom is 0.0714 e. The number of anilines is 3. The quantitative estimate of drug-likeness (QED) is 0.155. The Hall–Kier alpha value is -7.22. The molecule has 1 aliphatic carbocycles. The van der Waals surface area contributed by atoms with E-state index in [9.17, 15) is 0 Å². The zero-order valence-electron chi connectivity index (χ0n) is 30.8. The van der Waals surface area contributed by atoms with E-state index in [2.05, 4.69) is 229 Å². The molecule has 10 aromatic rings. The van der Waals surface area contributed by atoms with Gasteiger partial charge in [0.1, 0.15) is 0 Å². The van der Waals surface area contributed by atoms with E-state index in [4.69, 9.17) is 0 Å². The van der Waals surface area contributed by atoms with E-state index in [0.29, 0.717) is 0 Å². The summed E-state index contributed by atoms with van der Waals surface area (Å²) in [4.78, 5) is 2.56. The average Bonchev–Trinajstić information content (AvgIpc) is 3.57. The van der Waals surface area contributed by atoms with E-state index in [0.717, 1.165) is 11.4 Å². The molecule has 262 valence electrons. The molecule has 1 heteroatoms. The van der Waals surface area contributed by atoms with Crippen LogP contribution in [0.5, 0.6) is 0 Å². The fourth-order valence-corrected chi connectivity index (χ4v) is 9.55. The first-order chi connectivity index (χ1) is 27.8. The molecule has 0 aliphatic heterocycles. The number of hydrogen-bond acceptors (Lipinski definition) is 1. The molecular weight excluding hydrogens is 675 g/mol. The highest BCUT2D eigenvalue weighted by molar-refractivity contribution is 6.16. The predicted molar refractivity (Wildman–Crippen MR) is 236 cm³/mol. The van der Waals surface area contributed by atoms with Crippen LogP contribution in [0.1, 0.15) is 22.3 Å². The van der Waals surface area contributed by atoms with Gasteiger partial charge in [0.25, 0.3) is 0 Å². The van der Waals surface area contributed by atoms with E-state index < -0.39 is 5.41 Å². The Bertz CT molecular complexity index is 2980. The SMILES string of the molecule is c1ccc(-c2c(N(c3ccc4c(c3)C(c3ccccc3)(c3ccccc3)c3ccccc3-4)c3c4ccccc4cc4ccccc34)ccc3ccccc23)cc1. The van der Waals surface area contributed by atoms with Gasteiger partial charge in [-0.25, -0.2) is 0 Å². The van der Waals surface area contributed by atoms with E-state index in [1.54, 1.807) is 0 Å². The fourth-order valence-electron chi connectivity index (χ4n) is 9.55. The van der Waals surface area contributed by atoms with E-state index in [1.165, 1.54) is 82.5 Å². The van der Waals surface area contributed by atoms with E-state index in [1.807, 2.05) is 0 Å². The first-order valence-corrected chi connectivity index (χ1v) is 19.4. The maximum absolute atomic E-state index is 2.56. The van der Waals surface area contributed by atoms with E-state index >= 15 is 0 Å². The lowest BCUT2D eigenvalue weighted by molar-refractivity contribution is 0.768. The summed E-state index contributed by atoms with van der Waals surface area (Å²) < 4.78 is 0. The summed E-state index contributed by atoms with van der Waals surface area (Å²) in [6.45, 7) is 0. The highest BCUT2D eigenvalue weighted by Crippen LogP contribution is 2.58. The molecule has 0 saturated carbocycles. The summed E-state index contributed by atoms with van der Waals surface area (Å²) in [5.41, 5.74) is 12.9. The topological polar surface area (TPSA) is 3.24 Å². The molecule has 0 atom stereocenters. The van der Waals surface area contributed by atoms with Gasteiger partial charge in [0, 0.05) is 22.0 Å². The fraction of sp³-hybridized carbons (Fsp3) is 0.0182. The molecule has 0 radical (unpaired) electrons. The van der Waals surface area contributed by atoms with Gasteiger partial charge in [-0.3, -0.25) is 0 Å². The van der Waals surface area contributed by atoms with Crippen molar-refractivity contribution in [3.63, 3.8) is 0 Å². The summed E-state index contributed by atoms with van der Waals surface area (Å²) >= 11 is 0. The van der Waals surface area contributed by atoms with Crippen LogP contribution < -0.4 is 4.90 Å². The molecule has 1 nitrogen and oxygen atoms in total. The molecule has 0 fully saturated rings.